The van der Waals surface area contributed by atoms with E-state index in [4.69, 9.17) is 0 Å². The molecule has 0 aromatic heterocycles. The van der Waals surface area contributed by atoms with E-state index in [1.165, 1.54) is 25.7 Å². The minimum Gasteiger partial charge on any atom is -0.314 e. The smallest absolute Gasteiger partial charge is 0.136 e. The van der Waals surface area contributed by atoms with Gasteiger partial charge in [0.15, 0.2) is 0 Å². The maximum absolute atomic E-state index is 13.5. The van der Waals surface area contributed by atoms with Crippen molar-refractivity contribution >= 4 is 11.8 Å². The van der Waals surface area contributed by atoms with Gasteiger partial charge in [-0.2, -0.15) is 0 Å². The summed E-state index contributed by atoms with van der Waals surface area (Å²) in [6, 6.07) is 7.76. The van der Waals surface area contributed by atoms with Crippen LogP contribution in [0.25, 0.3) is 0 Å². The van der Waals surface area contributed by atoms with Gasteiger partial charge in [-0.1, -0.05) is 25.5 Å². The van der Waals surface area contributed by atoms with Gasteiger partial charge < -0.3 is 5.32 Å². The number of hydrogen-bond acceptors (Lipinski definition) is 2. The monoisotopic (exact) mass is 267 g/mol. The Balaban J connectivity index is 1.76. The minimum absolute atomic E-state index is 0.0860. The van der Waals surface area contributed by atoms with Gasteiger partial charge in [-0.15, -0.1) is 11.8 Å². The molecule has 2 rings (SSSR count). The second-order valence-corrected chi connectivity index (χ2v) is 6.06. The van der Waals surface area contributed by atoms with E-state index in [0.717, 1.165) is 23.1 Å². The molecule has 1 nitrogen and oxygen atoms in total. The van der Waals surface area contributed by atoms with E-state index in [9.17, 15) is 4.39 Å². The number of thioether (sulfide) groups is 1. The third-order valence-electron chi connectivity index (χ3n) is 3.71. The maximum atomic E-state index is 13.5. The lowest BCUT2D eigenvalue weighted by Crippen LogP contribution is -2.32. The van der Waals surface area contributed by atoms with Gasteiger partial charge >= 0.3 is 0 Å². The van der Waals surface area contributed by atoms with Crippen LogP contribution in [0.3, 0.4) is 0 Å². The summed E-state index contributed by atoms with van der Waals surface area (Å²) in [4.78, 5) is 0.787. The van der Waals surface area contributed by atoms with Crippen molar-refractivity contribution in [3.05, 3.63) is 30.1 Å². The Morgan fingerprint density at radius 3 is 2.94 bits per heavy atom. The quantitative estimate of drug-likeness (QED) is 0.779. The summed E-state index contributed by atoms with van der Waals surface area (Å²) in [6.45, 7) is 3.23. The highest BCUT2D eigenvalue weighted by Gasteiger charge is 2.25. The number of benzene rings is 1. The highest BCUT2D eigenvalue weighted by atomic mass is 32.2. The number of halogens is 1. The summed E-state index contributed by atoms with van der Waals surface area (Å²) < 4.78 is 13.5. The molecule has 0 amide bonds. The predicted octanol–water partition coefficient (Wildman–Crippen LogP) is 4.09. The zero-order chi connectivity index (χ0) is 12.8. The normalized spacial score (nSPS) is 23.4. The van der Waals surface area contributed by atoms with E-state index in [-0.39, 0.29) is 5.82 Å². The van der Waals surface area contributed by atoms with E-state index >= 15 is 0 Å². The van der Waals surface area contributed by atoms with Crippen molar-refractivity contribution in [2.24, 2.45) is 5.92 Å². The van der Waals surface area contributed by atoms with E-state index < -0.39 is 0 Å². The molecule has 0 spiro atoms. The van der Waals surface area contributed by atoms with Crippen molar-refractivity contribution in [1.82, 2.24) is 5.32 Å². The van der Waals surface area contributed by atoms with Gasteiger partial charge in [0, 0.05) is 10.9 Å². The molecular weight excluding hydrogens is 245 g/mol. The lowest BCUT2D eigenvalue weighted by atomic mass is 10.0. The Hall–Kier alpha value is -0.540. The average Bonchev–Trinajstić information content (AvgIpc) is 2.80. The molecule has 1 N–H and O–H groups in total. The summed E-state index contributed by atoms with van der Waals surface area (Å²) in [5.74, 6) is 1.72. The molecule has 1 fully saturated rings. The Kier molecular flexibility index (Phi) is 5.51. The van der Waals surface area contributed by atoms with Crippen LogP contribution in [-0.2, 0) is 0 Å². The molecule has 1 aromatic carbocycles. The summed E-state index contributed by atoms with van der Waals surface area (Å²) in [5.41, 5.74) is 0. The molecule has 0 radical (unpaired) electrons. The molecular formula is C15H22FNS. The minimum atomic E-state index is -0.0860. The summed E-state index contributed by atoms with van der Waals surface area (Å²) in [6.07, 6.45) is 5.17. The van der Waals surface area contributed by atoms with Gasteiger partial charge in [0.25, 0.3) is 0 Å². The fourth-order valence-corrected chi connectivity index (χ4v) is 3.82. The van der Waals surface area contributed by atoms with Crippen LogP contribution >= 0.6 is 11.8 Å². The first-order valence-electron chi connectivity index (χ1n) is 6.92. The van der Waals surface area contributed by atoms with Crippen LogP contribution in [0, 0.1) is 11.7 Å². The molecule has 18 heavy (non-hydrogen) atoms. The van der Waals surface area contributed by atoms with Crippen molar-refractivity contribution < 1.29 is 4.39 Å². The van der Waals surface area contributed by atoms with E-state index in [1.807, 2.05) is 12.1 Å². The number of hydrogen-bond donors (Lipinski definition) is 1. The Bertz CT molecular complexity index is 369. The topological polar surface area (TPSA) is 12.0 Å². The maximum Gasteiger partial charge on any atom is 0.136 e. The van der Waals surface area contributed by atoms with E-state index in [1.54, 1.807) is 23.9 Å². The molecule has 1 aromatic rings. The first-order valence-corrected chi connectivity index (χ1v) is 7.90. The van der Waals surface area contributed by atoms with Crippen molar-refractivity contribution in [1.29, 1.82) is 0 Å². The van der Waals surface area contributed by atoms with Gasteiger partial charge in [0.2, 0.25) is 0 Å². The van der Waals surface area contributed by atoms with Crippen LogP contribution in [0.2, 0.25) is 0 Å². The van der Waals surface area contributed by atoms with Crippen LogP contribution < -0.4 is 5.32 Å². The lowest BCUT2D eigenvalue weighted by molar-refractivity contribution is 0.400. The second-order valence-electron chi connectivity index (χ2n) is 4.92. The Morgan fingerprint density at radius 2 is 2.17 bits per heavy atom. The zero-order valence-corrected chi connectivity index (χ0v) is 11.8. The van der Waals surface area contributed by atoms with Crippen molar-refractivity contribution in [3.63, 3.8) is 0 Å². The summed E-state index contributed by atoms with van der Waals surface area (Å²) >= 11 is 1.65. The van der Waals surface area contributed by atoms with E-state index in [2.05, 4.69) is 12.2 Å². The fraction of sp³-hybridized carbons (Fsp3) is 0.600. The molecule has 2 unspecified atom stereocenters. The molecule has 0 saturated heterocycles. The van der Waals surface area contributed by atoms with Crippen molar-refractivity contribution in [3.8, 4) is 0 Å². The standard InChI is InChI=1S/C15H22FNS/c1-2-17-14-8-5-6-12(14)10-11-18-15-9-4-3-7-13(15)16/h3-4,7,9,12,14,17H,2,5-6,8,10-11H2,1H3. The molecule has 0 aliphatic heterocycles. The lowest BCUT2D eigenvalue weighted by Gasteiger charge is -2.20. The molecule has 3 heteroatoms. The Morgan fingerprint density at radius 1 is 1.33 bits per heavy atom. The zero-order valence-electron chi connectivity index (χ0n) is 11.0. The van der Waals surface area contributed by atoms with Gasteiger partial charge in [-0.25, -0.2) is 4.39 Å². The molecule has 0 heterocycles. The fourth-order valence-electron chi connectivity index (χ4n) is 2.80. The predicted molar refractivity (Wildman–Crippen MR) is 76.5 cm³/mol. The molecule has 1 aliphatic carbocycles. The van der Waals surface area contributed by atoms with Crippen LogP contribution in [0.4, 0.5) is 4.39 Å². The second kappa shape index (κ2) is 7.15. The third-order valence-corrected chi connectivity index (χ3v) is 4.79. The molecule has 1 aliphatic rings. The number of nitrogens with one attached hydrogen (secondary N) is 1. The van der Waals surface area contributed by atoms with Crippen LogP contribution in [0.1, 0.15) is 32.6 Å². The molecule has 100 valence electrons. The Labute approximate surface area is 114 Å². The summed E-state index contributed by atoms with van der Waals surface area (Å²) in [5, 5.41) is 3.57. The largest absolute Gasteiger partial charge is 0.314 e. The molecule has 0 bridgehead atoms. The van der Waals surface area contributed by atoms with Gasteiger partial charge in [0.05, 0.1) is 0 Å². The number of rotatable bonds is 6. The van der Waals surface area contributed by atoms with Crippen molar-refractivity contribution in [2.75, 3.05) is 12.3 Å². The van der Waals surface area contributed by atoms with Crippen LogP contribution in [0.15, 0.2) is 29.2 Å². The molecule has 1 saturated carbocycles. The highest BCUT2D eigenvalue weighted by molar-refractivity contribution is 7.99. The first kappa shape index (κ1) is 13.9. The molecule has 2 atom stereocenters. The van der Waals surface area contributed by atoms with Gasteiger partial charge in [-0.05, 0) is 49.6 Å². The van der Waals surface area contributed by atoms with E-state index in [0.29, 0.717) is 6.04 Å². The SMILES string of the molecule is CCNC1CCCC1CCSc1ccccc1F. The van der Waals surface area contributed by atoms with Gasteiger partial charge in [-0.3, -0.25) is 0 Å². The van der Waals surface area contributed by atoms with Crippen LogP contribution in [0.5, 0.6) is 0 Å². The average molecular weight is 267 g/mol. The van der Waals surface area contributed by atoms with Crippen LogP contribution in [-0.4, -0.2) is 18.3 Å². The highest BCUT2D eigenvalue weighted by Crippen LogP contribution is 2.31. The summed E-state index contributed by atoms with van der Waals surface area (Å²) in [7, 11) is 0. The van der Waals surface area contributed by atoms with Crippen molar-refractivity contribution in [2.45, 2.75) is 43.5 Å². The third kappa shape index (κ3) is 3.72. The van der Waals surface area contributed by atoms with Gasteiger partial charge in [0.1, 0.15) is 5.82 Å². The first-order chi connectivity index (χ1) is 8.81.